The highest BCUT2D eigenvalue weighted by molar-refractivity contribution is 5.79. The quantitative estimate of drug-likeness (QED) is 0.463. The van der Waals surface area contributed by atoms with E-state index in [0.717, 1.165) is 28.5 Å². The van der Waals surface area contributed by atoms with Crippen LogP contribution in [0.5, 0.6) is 5.75 Å². The second-order valence-electron chi connectivity index (χ2n) is 7.03. The topological polar surface area (TPSA) is 76.4 Å². The summed E-state index contributed by atoms with van der Waals surface area (Å²) in [6.07, 6.45) is 0. The number of guanidine groups is 1. The van der Waals surface area contributed by atoms with Crippen LogP contribution in [0.1, 0.15) is 28.3 Å². The van der Waals surface area contributed by atoms with E-state index in [1.165, 1.54) is 6.07 Å². The van der Waals surface area contributed by atoms with E-state index in [1.54, 1.807) is 20.1 Å². The van der Waals surface area contributed by atoms with Crippen molar-refractivity contribution in [2.24, 2.45) is 12.0 Å². The Hall–Kier alpha value is -3.42. The Morgan fingerprint density at radius 3 is 2.37 bits per heavy atom. The lowest BCUT2D eigenvalue weighted by atomic mass is 10.1. The first kappa shape index (κ1) is 21.3. The normalized spacial score (nSPS) is 11.4. The average Bonchev–Trinajstić information content (AvgIpc) is 3.08. The van der Waals surface area contributed by atoms with Crippen LogP contribution in [-0.2, 0) is 26.7 Å². The van der Waals surface area contributed by atoms with E-state index < -0.39 is 0 Å². The predicted molar refractivity (Wildman–Crippen MR) is 115 cm³/mol. The van der Waals surface area contributed by atoms with Crippen LogP contribution in [0.4, 0.5) is 4.39 Å². The standard InChI is InChI=1S/C22H27FN6O/c1-15-11-18(7-10-20(15)23)13-25-22(26-14-21-28-27-16(2)29(21)3)24-12-17-5-8-19(30-4)9-6-17/h5-11H,12-14H2,1-4H3,(H2,24,25,26). The number of hydrogen-bond acceptors (Lipinski definition) is 4. The van der Waals surface area contributed by atoms with Gasteiger partial charge in [0.25, 0.3) is 0 Å². The second kappa shape index (κ2) is 9.87. The second-order valence-corrected chi connectivity index (χ2v) is 7.03. The van der Waals surface area contributed by atoms with Gasteiger partial charge in [-0.1, -0.05) is 24.3 Å². The lowest BCUT2D eigenvalue weighted by molar-refractivity contribution is 0.414. The lowest BCUT2D eigenvalue weighted by Crippen LogP contribution is -2.37. The molecule has 0 amide bonds. The first-order valence-corrected chi connectivity index (χ1v) is 9.71. The highest BCUT2D eigenvalue weighted by atomic mass is 19.1. The Morgan fingerprint density at radius 1 is 1.03 bits per heavy atom. The van der Waals surface area contributed by atoms with Crippen molar-refractivity contribution in [1.29, 1.82) is 0 Å². The third-order valence-electron chi connectivity index (χ3n) is 4.86. The van der Waals surface area contributed by atoms with E-state index in [2.05, 4.69) is 25.8 Å². The molecule has 7 nitrogen and oxygen atoms in total. The third kappa shape index (κ3) is 5.56. The minimum atomic E-state index is -0.212. The summed E-state index contributed by atoms with van der Waals surface area (Å²) in [6, 6.07) is 12.9. The monoisotopic (exact) mass is 410 g/mol. The summed E-state index contributed by atoms with van der Waals surface area (Å²) >= 11 is 0. The van der Waals surface area contributed by atoms with Crippen molar-refractivity contribution in [3.05, 3.63) is 76.6 Å². The van der Waals surface area contributed by atoms with Gasteiger partial charge in [-0.25, -0.2) is 9.38 Å². The zero-order chi connectivity index (χ0) is 21.5. The Kier molecular flexibility index (Phi) is 7.00. The molecule has 0 saturated heterocycles. The Bertz CT molecular complexity index is 1010. The first-order chi connectivity index (χ1) is 14.5. The van der Waals surface area contributed by atoms with Crippen molar-refractivity contribution in [2.45, 2.75) is 33.5 Å². The average molecular weight is 410 g/mol. The van der Waals surface area contributed by atoms with Crippen molar-refractivity contribution < 1.29 is 9.13 Å². The van der Waals surface area contributed by atoms with E-state index >= 15 is 0 Å². The predicted octanol–water partition coefficient (Wildman–Crippen LogP) is 3.02. The Balaban J connectivity index is 1.70. The van der Waals surface area contributed by atoms with E-state index in [1.807, 2.05) is 48.9 Å². The number of aryl methyl sites for hydroxylation is 2. The summed E-state index contributed by atoms with van der Waals surface area (Å²) in [5.41, 5.74) is 2.64. The van der Waals surface area contributed by atoms with Gasteiger partial charge in [0.15, 0.2) is 11.8 Å². The van der Waals surface area contributed by atoms with E-state index in [-0.39, 0.29) is 5.82 Å². The summed E-state index contributed by atoms with van der Waals surface area (Å²) in [5, 5.41) is 14.9. The number of halogens is 1. The fraction of sp³-hybridized carbons (Fsp3) is 0.318. The van der Waals surface area contributed by atoms with Crippen molar-refractivity contribution in [1.82, 2.24) is 25.4 Å². The van der Waals surface area contributed by atoms with Crippen LogP contribution in [0.25, 0.3) is 0 Å². The molecule has 0 radical (unpaired) electrons. The number of nitrogens with one attached hydrogen (secondary N) is 2. The molecule has 30 heavy (non-hydrogen) atoms. The molecule has 0 aliphatic heterocycles. The maximum Gasteiger partial charge on any atom is 0.192 e. The summed E-state index contributed by atoms with van der Waals surface area (Å²) in [5.74, 6) is 2.89. The minimum absolute atomic E-state index is 0.212. The number of aromatic nitrogens is 3. The van der Waals surface area contributed by atoms with Gasteiger partial charge >= 0.3 is 0 Å². The number of rotatable bonds is 7. The molecule has 158 valence electrons. The van der Waals surface area contributed by atoms with Crippen LogP contribution in [0.3, 0.4) is 0 Å². The molecule has 0 fully saturated rings. The van der Waals surface area contributed by atoms with Gasteiger partial charge in [0.2, 0.25) is 0 Å². The number of ether oxygens (including phenoxy) is 1. The zero-order valence-corrected chi connectivity index (χ0v) is 17.7. The van der Waals surface area contributed by atoms with Crippen molar-refractivity contribution >= 4 is 5.96 Å². The van der Waals surface area contributed by atoms with Gasteiger partial charge in [0, 0.05) is 13.6 Å². The van der Waals surface area contributed by atoms with Crippen LogP contribution in [0.15, 0.2) is 47.5 Å². The number of nitrogens with zero attached hydrogens (tertiary/aromatic N) is 4. The third-order valence-corrected chi connectivity index (χ3v) is 4.86. The SMILES string of the molecule is COc1ccc(CNC(=NCc2ccc(F)c(C)c2)NCc2nnc(C)n2C)cc1. The minimum Gasteiger partial charge on any atom is -0.497 e. The first-order valence-electron chi connectivity index (χ1n) is 9.71. The highest BCUT2D eigenvalue weighted by Gasteiger charge is 2.07. The van der Waals surface area contributed by atoms with Crippen LogP contribution >= 0.6 is 0 Å². The molecule has 3 aromatic rings. The van der Waals surface area contributed by atoms with Crippen LogP contribution in [-0.4, -0.2) is 27.8 Å². The van der Waals surface area contributed by atoms with Crippen molar-refractivity contribution in [3.63, 3.8) is 0 Å². The molecule has 8 heteroatoms. The summed E-state index contributed by atoms with van der Waals surface area (Å²) in [4.78, 5) is 4.65. The van der Waals surface area contributed by atoms with E-state index in [0.29, 0.717) is 31.2 Å². The van der Waals surface area contributed by atoms with E-state index in [4.69, 9.17) is 4.74 Å². The van der Waals surface area contributed by atoms with Crippen LogP contribution in [0, 0.1) is 19.7 Å². The Labute approximate surface area is 176 Å². The molecule has 0 aliphatic rings. The summed E-state index contributed by atoms with van der Waals surface area (Å²) in [6.45, 7) is 5.16. The van der Waals surface area contributed by atoms with Gasteiger partial charge in [-0.3, -0.25) is 0 Å². The number of aliphatic imine (C=N–C) groups is 1. The fourth-order valence-electron chi connectivity index (χ4n) is 2.85. The molecule has 1 aromatic heterocycles. The fourth-order valence-corrected chi connectivity index (χ4v) is 2.85. The number of hydrogen-bond donors (Lipinski definition) is 2. The Morgan fingerprint density at radius 2 is 1.73 bits per heavy atom. The zero-order valence-electron chi connectivity index (χ0n) is 17.7. The molecule has 0 bridgehead atoms. The molecule has 2 N–H and O–H groups in total. The van der Waals surface area contributed by atoms with Gasteiger partial charge in [-0.05, 0) is 48.7 Å². The van der Waals surface area contributed by atoms with E-state index in [9.17, 15) is 4.39 Å². The summed E-state index contributed by atoms with van der Waals surface area (Å²) < 4.78 is 20.7. The lowest BCUT2D eigenvalue weighted by Gasteiger charge is -2.13. The molecular weight excluding hydrogens is 383 g/mol. The largest absolute Gasteiger partial charge is 0.497 e. The van der Waals surface area contributed by atoms with Crippen LogP contribution in [0.2, 0.25) is 0 Å². The molecular formula is C22H27FN6O. The van der Waals surface area contributed by atoms with Crippen molar-refractivity contribution in [2.75, 3.05) is 7.11 Å². The molecule has 2 aromatic carbocycles. The van der Waals surface area contributed by atoms with Crippen LogP contribution < -0.4 is 15.4 Å². The van der Waals surface area contributed by atoms with Gasteiger partial charge in [-0.2, -0.15) is 0 Å². The highest BCUT2D eigenvalue weighted by Crippen LogP contribution is 2.12. The molecule has 1 heterocycles. The number of benzene rings is 2. The maximum atomic E-state index is 13.5. The van der Waals surface area contributed by atoms with Gasteiger partial charge in [0.05, 0.1) is 20.2 Å². The summed E-state index contributed by atoms with van der Waals surface area (Å²) in [7, 11) is 3.57. The van der Waals surface area contributed by atoms with Gasteiger partial charge in [0.1, 0.15) is 17.4 Å². The molecule has 0 unspecified atom stereocenters. The molecule has 0 spiro atoms. The molecule has 0 saturated carbocycles. The molecule has 3 rings (SSSR count). The van der Waals surface area contributed by atoms with Gasteiger partial charge < -0.3 is 19.9 Å². The maximum absolute atomic E-state index is 13.5. The molecule has 0 atom stereocenters. The number of methoxy groups -OCH3 is 1. The van der Waals surface area contributed by atoms with Gasteiger partial charge in [-0.15, -0.1) is 10.2 Å². The smallest absolute Gasteiger partial charge is 0.192 e. The molecule has 0 aliphatic carbocycles. The van der Waals surface area contributed by atoms with Crippen molar-refractivity contribution in [3.8, 4) is 5.75 Å².